The standard InChI is InChI=1S/C16H24N4O2/c1-11-8-18-13(9-17-11)16(21)20-10-12-4-5-14(20)15(12)22-7-6-19(2)3/h8-9,12,14-15H,4-7,10H2,1-3H3/t12-,14+,15+/m1/s1. The maximum absolute atomic E-state index is 12.6. The molecule has 22 heavy (non-hydrogen) atoms. The topological polar surface area (TPSA) is 58.6 Å². The monoisotopic (exact) mass is 304 g/mol. The smallest absolute Gasteiger partial charge is 0.274 e. The third-order valence-electron chi connectivity index (χ3n) is 4.62. The maximum Gasteiger partial charge on any atom is 0.274 e. The summed E-state index contributed by atoms with van der Waals surface area (Å²) in [5.74, 6) is 0.454. The summed E-state index contributed by atoms with van der Waals surface area (Å²) in [6.45, 7) is 4.28. The Hall–Kier alpha value is -1.53. The van der Waals surface area contributed by atoms with Crippen molar-refractivity contribution in [3.05, 3.63) is 23.8 Å². The Morgan fingerprint density at radius 3 is 2.86 bits per heavy atom. The lowest BCUT2D eigenvalue weighted by molar-refractivity contribution is 0.0200. The predicted molar refractivity (Wildman–Crippen MR) is 82.6 cm³/mol. The lowest BCUT2D eigenvalue weighted by Crippen LogP contribution is -2.40. The second kappa shape index (κ2) is 6.30. The van der Waals surface area contributed by atoms with Gasteiger partial charge in [0.15, 0.2) is 0 Å². The molecule has 3 atom stereocenters. The number of likely N-dealkylation sites (N-methyl/N-ethyl adjacent to an activating group) is 1. The van der Waals surface area contributed by atoms with Crippen LogP contribution in [-0.4, -0.2) is 71.6 Å². The molecular weight excluding hydrogens is 280 g/mol. The van der Waals surface area contributed by atoms with Crippen molar-refractivity contribution in [1.29, 1.82) is 0 Å². The molecule has 1 aromatic rings. The molecule has 2 bridgehead atoms. The summed E-state index contributed by atoms with van der Waals surface area (Å²) in [7, 11) is 4.08. The van der Waals surface area contributed by atoms with E-state index in [9.17, 15) is 4.79 Å². The highest BCUT2D eigenvalue weighted by atomic mass is 16.5. The van der Waals surface area contributed by atoms with Crippen LogP contribution >= 0.6 is 0 Å². The number of aryl methyl sites for hydroxylation is 1. The van der Waals surface area contributed by atoms with E-state index in [1.807, 2.05) is 25.9 Å². The summed E-state index contributed by atoms with van der Waals surface area (Å²) in [6.07, 6.45) is 5.59. The van der Waals surface area contributed by atoms with Gasteiger partial charge >= 0.3 is 0 Å². The largest absolute Gasteiger partial charge is 0.374 e. The molecule has 120 valence electrons. The van der Waals surface area contributed by atoms with Crippen molar-refractivity contribution in [3.63, 3.8) is 0 Å². The van der Waals surface area contributed by atoms with Gasteiger partial charge in [0, 0.05) is 25.2 Å². The van der Waals surface area contributed by atoms with Crippen molar-refractivity contribution in [2.75, 3.05) is 33.8 Å². The van der Waals surface area contributed by atoms with Gasteiger partial charge in [0.1, 0.15) is 5.69 Å². The Bertz CT molecular complexity index is 531. The molecule has 2 aliphatic rings. The van der Waals surface area contributed by atoms with Crippen LogP contribution in [0.15, 0.2) is 12.4 Å². The molecule has 1 saturated carbocycles. The summed E-state index contributed by atoms with van der Waals surface area (Å²) in [5, 5.41) is 0. The van der Waals surface area contributed by atoms with Gasteiger partial charge in [-0.3, -0.25) is 9.78 Å². The Kier molecular flexibility index (Phi) is 4.40. The van der Waals surface area contributed by atoms with E-state index in [2.05, 4.69) is 14.9 Å². The van der Waals surface area contributed by atoms with Gasteiger partial charge in [0.2, 0.25) is 0 Å². The second-order valence-corrected chi connectivity index (χ2v) is 6.54. The number of ether oxygens (including phenoxy) is 1. The Balaban J connectivity index is 1.64. The number of aromatic nitrogens is 2. The number of hydrogen-bond donors (Lipinski definition) is 0. The molecule has 6 nitrogen and oxygen atoms in total. The average Bonchev–Trinajstić information content (AvgIpc) is 3.04. The predicted octanol–water partition coefficient (Wildman–Crippen LogP) is 0.966. The number of carbonyl (C=O) groups is 1. The quantitative estimate of drug-likeness (QED) is 0.811. The molecule has 0 spiro atoms. The number of likely N-dealkylation sites (tertiary alicyclic amines) is 1. The van der Waals surface area contributed by atoms with Crippen LogP contribution in [0.25, 0.3) is 0 Å². The number of carbonyl (C=O) groups excluding carboxylic acids is 1. The summed E-state index contributed by atoms with van der Waals surface area (Å²) < 4.78 is 6.06. The second-order valence-electron chi connectivity index (χ2n) is 6.54. The minimum absolute atomic E-state index is 0.0130. The SMILES string of the molecule is Cc1cnc(C(=O)N2C[C@H]3CC[C@H]2[C@H]3OCCN(C)C)cn1. The molecule has 1 aliphatic heterocycles. The highest BCUT2D eigenvalue weighted by Gasteiger charge is 2.49. The van der Waals surface area contributed by atoms with Gasteiger partial charge < -0.3 is 14.5 Å². The van der Waals surface area contributed by atoms with Crippen molar-refractivity contribution in [3.8, 4) is 0 Å². The zero-order valence-electron chi connectivity index (χ0n) is 13.5. The number of hydrogen-bond acceptors (Lipinski definition) is 5. The van der Waals surface area contributed by atoms with E-state index in [1.54, 1.807) is 12.4 Å². The van der Waals surface area contributed by atoms with Gasteiger partial charge in [-0.15, -0.1) is 0 Å². The first-order valence-corrected chi connectivity index (χ1v) is 7.92. The van der Waals surface area contributed by atoms with Crippen LogP contribution in [-0.2, 0) is 4.74 Å². The minimum Gasteiger partial charge on any atom is -0.374 e. The zero-order valence-corrected chi connectivity index (χ0v) is 13.5. The van der Waals surface area contributed by atoms with Crippen LogP contribution in [0.2, 0.25) is 0 Å². The molecule has 1 aliphatic carbocycles. The van der Waals surface area contributed by atoms with Crippen molar-refractivity contribution >= 4 is 5.91 Å². The van der Waals surface area contributed by atoms with E-state index in [1.165, 1.54) is 0 Å². The first kappa shape index (κ1) is 15.4. The average molecular weight is 304 g/mol. The van der Waals surface area contributed by atoms with Crippen molar-refractivity contribution in [2.24, 2.45) is 5.92 Å². The molecule has 2 fully saturated rings. The van der Waals surface area contributed by atoms with Crippen LogP contribution in [0.4, 0.5) is 0 Å². The van der Waals surface area contributed by atoms with E-state index in [-0.39, 0.29) is 18.1 Å². The molecule has 0 aromatic carbocycles. The number of fused-ring (bicyclic) bond motifs is 2. The summed E-state index contributed by atoms with van der Waals surface area (Å²) in [4.78, 5) is 25.1. The molecule has 1 aromatic heterocycles. The fourth-order valence-corrected chi connectivity index (χ4v) is 3.45. The van der Waals surface area contributed by atoms with E-state index in [4.69, 9.17) is 4.74 Å². The fraction of sp³-hybridized carbons (Fsp3) is 0.688. The number of piperidine rings is 1. The molecule has 0 N–H and O–H groups in total. The van der Waals surface area contributed by atoms with Crippen molar-refractivity contribution in [2.45, 2.75) is 31.9 Å². The number of rotatable bonds is 5. The maximum atomic E-state index is 12.6. The Morgan fingerprint density at radius 1 is 1.36 bits per heavy atom. The number of nitrogens with zero attached hydrogens (tertiary/aromatic N) is 4. The number of amides is 1. The third kappa shape index (κ3) is 2.98. The van der Waals surface area contributed by atoms with E-state index in [0.29, 0.717) is 11.6 Å². The molecule has 6 heteroatoms. The summed E-state index contributed by atoms with van der Waals surface area (Å²) in [6, 6.07) is 0.197. The van der Waals surface area contributed by atoms with Gasteiger partial charge in [0.25, 0.3) is 5.91 Å². The molecule has 1 amide bonds. The normalized spacial score (nSPS) is 26.9. The van der Waals surface area contributed by atoms with Crippen LogP contribution in [0.3, 0.4) is 0 Å². The van der Waals surface area contributed by atoms with Gasteiger partial charge in [-0.25, -0.2) is 4.98 Å². The fourth-order valence-electron chi connectivity index (χ4n) is 3.45. The zero-order chi connectivity index (χ0) is 15.7. The Morgan fingerprint density at radius 2 is 2.18 bits per heavy atom. The van der Waals surface area contributed by atoms with Gasteiger partial charge in [-0.1, -0.05) is 0 Å². The van der Waals surface area contributed by atoms with Crippen LogP contribution < -0.4 is 0 Å². The summed E-state index contributed by atoms with van der Waals surface area (Å²) in [5.41, 5.74) is 1.26. The molecule has 0 radical (unpaired) electrons. The van der Waals surface area contributed by atoms with Gasteiger partial charge in [-0.2, -0.15) is 0 Å². The van der Waals surface area contributed by atoms with Crippen molar-refractivity contribution in [1.82, 2.24) is 19.8 Å². The lowest BCUT2D eigenvalue weighted by Gasteiger charge is -2.27. The first-order valence-electron chi connectivity index (χ1n) is 7.92. The molecular formula is C16H24N4O2. The molecule has 3 rings (SSSR count). The summed E-state index contributed by atoms with van der Waals surface area (Å²) >= 11 is 0. The van der Waals surface area contributed by atoms with Crippen LogP contribution in [0.5, 0.6) is 0 Å². The van der Waals surface area contributed by atoms with E-state index >= 15 is 0 Å². The highest BCUT2D eigenvalue weighted by Crippen LogP contribution is 2.40. The third-order valence-corrected chi connectivity index (χ3v) is 4.62. The lowest BCUT2D eigenvalue weighted by atomic mass is 10.1. The first-order chi connectivity index (χ1) is 10.6. The molecule has 0 unspecified atom stereocenters. The van der Waals surface area contributed by atoms with Crippen molar-refractivity contribution < 1.29 is 9.53 Å². The van der Waals surface area contributed by atoms with E-state index < -0.39 is 0 Å². The molecule has 1 saturated heterocycles. The van der Waals surface area contributed by atoms with Gasteiger partial charge in [-0.05, 0) is 33.9 Å². The molecule has 2 heterocycles. The van der Waals surface area contributed by atoms with Crippen LogP contribution in [0.1, 0.15) is 29.0 Å². The van der Waals surface area contributed by atoms with Crippen LogP contribution in [0, 0.1) is 12.8 Å². The van der Waals surface area contributed by atoms with E-state index in [0.717, 1.165) is 38.2 Å². The van der Waals surface area contributed by atoms with Gasteiger partial charge in [0.05, 0.1) is 30.6 Å². The Labute approximate surface area is 131 Å². The minimum atomic E-state index is -0.0130. The highest BCUT2D eigenvalue weighted by molar-refractivity contribution is 5.92.